The van der Waals surface area contributed by atoms with Crippen LogP contribution in [0.4, 0.5) is 0 Å². The third kappa shape index (κ3) is 47.5. The monoisotopic (exact) mass is 849 g/mol. The minimum absolute atomic E-state index is 0.0930. The lowest BCUT2D eigenvalue weighted by Crippen LogP contribution is -2.30. The van der Waals surface area contributed by atoms with Crippen molar-refractivity contribution in [2.45, 2.75) is 232 Å². The molecule has 1 unspecified atom stereocenters. The van der Waals surface area contributed by atoms with E-state index < -0.39 is 6.10 Å². The average molecular weight is 849 g/mol. The van der Waals surface area contributed by atoms with Crippen LogP contribution in [0.3, 0.4) is 0 Å². The molecule has 0 rings (SSSR count). The maximum Gasteiger partial charge on any atom is 0.306 e. The number of ether oxygens (including phenoxy) is 3. The van der Waals surface area contributed by atoms with Crippen molar-refractivity contribution in [3.63, 3.8) is 0 Å². The third-order valence-corrected chi connectivity index (χ3v) is 10.4. The van der Waals surface area contributed by atoms with E-state index in [1.54, 1.807) is 0 Å². The molecule has 0 N–H and O–H groups in total. The van der Waals surface area contributed by atoms with E-state index in [1.807, 2.05) is 0 Å². The van der Waals surface area contributed by atoms with Crippen LogP contribution in [-0.2, 0) is 28.6 Å². The molecule has 0 saturated heterocycles. The van der Waals surface area contributed by atoms with Gasteiger partial charge in [0.25, 0.3) is 0 Å². The lowest BCUT2D eigenvalue weighted by molar-refractivity contribution is -0.167. The Kier molecular flexibility index (Phi) is 46.5. The molecule has 1 atom stereocenters. The topological polar surface area (TPSA) is 78.9 Å². The molecule has 0 bridgehead atoms. The highest BCUT2D eigenvalue weighted by Gasteiger charge is 2.19. The number of hydrogen-bond acceptors (Lipinski definition) is 6. The highest BCUT2D eigenvalue weighted by Crippen LogP contribution is 2.13. The summed E-state index contributed by atoms with van der Waals surface area (Å²) in [5, 5.41) is 0. The summed E-state index contributed by atoms with van der Waals surface area (Å²) in [6.45, 7) is 6.43. The molecule has 0 saturated carbocycles. The molecule has 0 amide bonds. The Bertz CT molecular complexity index is 1200. The second-order valence-electron chi connectivity index (χ2n) is 16.3. The fourth-order valence-electron chi connectivity index (χ4n) is 6.61. The zero-order valence-corrected chi connectivity index (χ0v) is 39.7. The summed E-state index contributed by atoms with van der Waals surface area (Å²) < 4.78 is 16.7. The smallest absolute Gasteiger partial charge is 0.306 e. The molecular formula is C55H92O6. The third-order valence-electron chi connectivity index (χ3n) is 10.4. The fraction of sp³-hybridized carbons (Fsp3) is 0.691. The van der Waals surface area contributed by atoms with Crippen LogP contribution < -0.4 is 0 Å². The Balaban J connectivity index is 4.42. The van der Waals surface area contributed by atoms with Gasteiger partial charge in [-0.25, -0.2) is 0 Å². The van der Waals surface area contributed by atoms with Crippen LogP contribution in [0.15, 0.2) is 85.1 Å². The number of unbranched alkanes of at least 4 members (excludes halogenated alkanes) is 19. The molecule has 0 aromatic heterocycles. The van der Waals surface area contributed by atoms with Crippen LogP contribution in [0.1, 0.15) is 226 Å². The second-order valence-corrected chi connectivity index (χ2v) is 16.3. The molecule has 0 aromatic carbocycles. The first-order valence-corrected chi connectivity index (χ1v) is 25.1. The normalized spacial score (nSPS) is 12.8. The number of allylic oxidation sites excluding steroid dienone is 14. The van der Waals surface area contributed by atoms with E-state index in [0.717, 1.165) is 109 Å². The summed E-state index contributed by atoms with van der Waals surface area (Å²) in [5.41, 5.74) is 0. The highest BCUT2D eigenvalue weighted by molar-refractivity contribution is 5.71. The Morgan fingerprint density at radius 1 is 0.344 bits per heavy atom. The Labute approximate surface area is 375 Å². The Morgan fingerprint density at radius 3 is 1.08 bits per heavy atom. The van der Waals surface area contributed by atoms with Gasteiger partial charge in [-0.05, 0) is 96.3 Å². The first kappa shape index (κ1) is 57.6. The second kappa shape index (κ2) is 49.2. The van der Waals surface area contributed by atoms with Crippen molar-refractivity contribution in [3.8, 4) is 0 Å². The van der Waals surface area contributed by atoms with Gasteiger partial charge in [0.2, 0.25) is 0 Å². The number of hydrogen-bond donors (Lipinski definition) is 0. The molecule has 0 aliphatic heterocycles. The maximum atomic E-state index is 12.7. The van der Waals surface area contributed by atoms with Gasteiger partial charge < -0.3 is 14.2 Å². The fourth-order valence-corrected chi connectivity index (χ4v) is 6.61. The minimum Gasteiger partial charge on any atom is -0.462 e. The lowest BCUT2D eigenvalue weighted by atomic mass is 10.1. The number of carbonyl (C=O) groups is 3. The van der Waals surface area contributed by atoms with Crippen LogP contribution in [0.25, 0.3) is 0 Å². The van der Waals surface area contributed by atoms with Crippen molar-refractivity contribution in [2.75, 3.05) is 13.2 Å². The van der Waals surface area contributed by atoms with Gasteiger partial charge in [0.05, 0.1) is 0 Å². The van der Waals surface area contributed by atoms with Crippen molar-refractivity contribution in [1.29, 1.82) is 0 Å². The van der Waals surface area contributed by atoms with Crippen molar-refractivity contribution < 1.29 is 28.6 Å². The predicted octanol–water partition coefficient (Wildman–Crippen LogP) is 16.4. The van der Waals surface area contributed by atoms with Crippen molar-refractivity contribution in [2.24, 2.45) is 0 Å². The molecule has 0 aliphatic carbocycles. The minimum atomic E-state index is -0.795. The van der Waals surface area contributed by atoms with Gasteiger partial charge in [-0.2, -0.15) is 0 Å². The van der Waals surface area contributed by atoms with E-state index in [9.17, 15) is 14.4 Å². The zero-order chi connectivity index (χ0) is 44.4. The van der Waals surface area contributed by atoms with E-state index in [-0.39, 0.29) is 31.1 Å². The van der Waals surface area contributed by atoms with Crippen LogP contribution >= 0.6 is 0 Å². The SMILES string of the molecule is CC/C=C\C/C=C\C/C=C\C/C=C\C/C=C\C/C=C\CCCCC(=O)OCC(COC(=O)CCCCCCCCCCCC)OC(=O)CCCCCCC/C=C\CCCCC. The van der Waals surface area contributed by atoms with Crippen LogP contribution in [0, 0.1) is 0 Å². The lowest BCUT2D eigenvalue weighted by Gasteiger charge is -2.18. The summed E-state index contributed by atoms with van der Waals surface area (Å²) in [6, 6.07) is 0. The summed E-state index contributed by atoms with van der Waals surface area (Å²) >= 11 is 0. The standard InChI is InChI=1S/C55H92O6/c1-4-7-10-13-16-19-22-24-25-26-27-28-29-30-31-32-34-36-39-42-45-48-54(57)60-51-52(50-59-53(56)47-44-41-38-35-21-18-15-12-9-6-3)61-55(58)49-46-43-40-37-33-23-20-17-14-11-8-5-2/h7,10,16-17,19-20,24-25,27-28,30-31,34,36,52H,4-6,8-9,11-15,18,21-23,26,29,32-33,35,37-51H2,1-3H3/b10-7-,19-16-,20-17-,25-24-,28-27-,31-30-,36-34-. The number of carbonyl (C=O) groups excluding carboxylic acids is 3. The van der Waals surface area contributed by atoms with E-state index in [0.29, 0.717) is 19.3 Å². The molecule has 0 aliphatic rings. The summed E-state index contributed by atoms with van der Waals surface area (Å²) in [6.07, 6.45) is 62.8. The predicted molar refractivity (Wildman–Crippen MR) is 261 cm³/mol. The largest absolute Gasteiger partial charge is 0.462 e. The van der Waals surface area contributed by atoms with E-state index in [2.05, 4.69) is 106 Å². The van der Waals surface area contributed by atoms with E-state index in [1.165, 1.54) is 77.0 Å². The molecule has 0 aromatic rings. The first-order valence-electron chi connectivity index (χ1n) is 25.1. The molecule has 6 heteroatoms. The van der Waals surface area contributed by atoms with Gasteiger partial charge in [-0.3, -0.25) is 14.4 Å². The highest BCUT2D eigenvalue weighted by atomic mass is 16.6. The van der Waals surface area contributed by atoms with Crippen molar-refractivity contribution in [3.05, 3.63) is 85.1 Å². The molecule has 0 fully saturated rings. The molecule has 0 spiro atoms. The number of rotatable bonds is 44. The van der Waals surface area contributed by atoms with Crippen molar-refractivity contribution in [1.82, 2.24) is 0 Å². The number of esters is 3. The van der Waals surface area contributed by atoms with Gasteiger partial charge >= 0.3 is 17.9 Å². The van der Waals surface area contributed by atoms with Gasteiger partial charge in [0, 0.05) is 19.3 Å². The van der Waals surface area contributed by atoms with Gasteiger partial charge in [0.1, 0.15) is 13.2 Å². The maximum absolute atomic E-state index is 12.7. The van der Waals surface area contributed by atoms with Crippen LogP contribution in [-0.4, -0.2) is 37.2 Å². The summed E-state index contributed by atoms with van der Waals surface area (Å²) in [4.78, 5) is 37.8. The van der Waals surface area contributed by atoms with E-state index >= 15 is 0 Å². The first-order chi connectivity index (χ1) is 30.0. The molecule has 348 valence electrons. The zero-order valence-electron chi connectivity index (χ0n) is 39.7. The average Bonchev–Trinajstić information content (AvgIpc) is 3.26. The summed E-state index contributed by atoms with van der Waals surface area (Å²) in [5.74, 6) is -0.952. The Morgan fingerprint density at radius 2 is 0.639 bits per heavy atom. The van der Waals surface area contributed by atoms with Gasteiger partial charge in [-0.15, -0.1) is 0 Å². The molecule has 0 radical (unpaired) electrons. The van der Waals surface area contributed by atoms with Gasteiger partial charge in [-0.1, -0.05) is 196 Å². The van der Waals surface area contributed by atoms with Crippen LogP contribution in [0.2, 0.25) is 0 Å². The Hall–Kier alpha value is -3.41. The van der Waals surface area contributed by atoms with Crippen LogP contribution in [0.5, 0.6) is 0 Å². The summed E-state index contributed by atoms with van der Waals surface area (Å²) in [7, 11) is 0. The molecular weight excluding hydrogens is 757 g/mol. The van der Waals surface area contributed by atoms with Crippen molar-refractivity contribution >= 4 is 17.9 Å². The molecule has 0 heterocycles. The quantitative estimate of drug-likeness (QED) is 0.0263. The molecule has 6 nitrogen and oxygen atoms in total. The molecule has 61 heavy (non-hydrogen) atoms. The van der Waals surface area contributed by atoms with E-state index in [4.69, 9.17) is 14.2 Å². The van der Waals surface area contributed by atoms with Gasteiger partial charge in [0.15, 0.2) is 6.10 Å².